The Morgan fingerprint density at radius 2 is 2.21 bits per heavy atom. The molecule has 9 heteroatoms. The zero-order valence-corrected chi connectivity index (χ0v) is 16.9. The lowest BCUT2D eigenvalue weighted by Crippen LogP contribution is -2.37. The van der Waals surface area contributed by atoms with Crippen LogP contribution in [0, 0.1) is 12.8 Å². The maximum atomic E-state index is 10.6. The van der Waals surface area contributed by atoms with Gasteiger partial charge in [0.25, 0.3) is 0 Å². The molecule has 0 saturated carbocycles. The molecule has 1 fully saturated rings. The smallest absolute Gasteiger partial charge is 0.238 e. The maximum Gasteiger partial charge on any atom is 0.238 e. The predicted octanol–water partition coefficient (Wildman–Crippen LogP) is 1.68. The summed E-state index contributed by atoms with van der Waals surface area (Å²) in [6.45, 7) is 6.26. The van der Waals surface area contributed by atoms with Gasteiger partial charge in [0, 0.05) is 43.6 Å². The molecule has 1 aliphatic rings. The van der Waals surface area contributed by atoms with Crippen LogP contribution in [0.2, 0.25) is 0 Å². The van der Waals surface area contributed by atoms with Crippen molar-refractivity contribution in [2.45, 2.75) is 33.2 Å². The number of hydrogen-bond acceptors (Lipinski definition) is 9. The summed E-state index contributed by atoms with van der Waals surface area (Å²) in [7, 11) is 0. The summed E-state index contributed by atoms with van der Waals surface area (Å²) in [5.41, 5.74) is 14.7. The molecule has 1 aliphatic heterocycles. The van der Waals surface area contributed by atoms with Crippen LogP contribution in [0.1, 0.15) is 24.6 Å². The Morgan fingerprint density at radius 3 is 2.86 bits per heavy atom. The third kappa shape index (κ3) is 5.47. The van der Waals surface area contributed by atoms with E-state index in [1.165, 1.54) is 0 Å². The highest BCUT2D eigenvalue weighted by Gasteiger charge is 2.23. The highest BCUT2D eigenvalue weighted by Crippen LogP contribution is 2.33. The van der Waals surface area contributed by atoms with Crippen LogP contribution in [0.5, 0.6) is 5.88 Å². The van der Waals surface area contributed by atoms with E-state index in [9.17, 15) is 5.11 Å². The normalized spacial score (nSPS) is 17.3. The second kappa shape index (κ2) is 9.73. The summed E-state index contributed by atoms with van der Waals surface area (Å²) >= 11 is 0. The van der Waals surface area contributed by atoms with E-state index in [0.29, 0.717) is 43.9 Å². The van der Waals surface area contributed by atoms with Crippen molar-refractivity contribution in [1.82, 2.24) is 9.97 Å². The highest BCUT2D eigenvalue weighted by molar-refractivity contribution is 5.78. The molecule has 29 heavy (non-hydrogen) atoms. The number of aliphatic hydroxyl groups excluding tert-OH is 1. The van der Waals surface area contributed by atoms with E-state index in [-0.39, 0.29) is 11.5 Å². The third-order valence-corrected chi connectivity index (χ3v) is 4.75. The Kier molecular flexibility index (Phi) is 7.08. The fourth-order valence-electron chi connectivity index (χ4n) is 3.08. The average Bonchev–Trinajstić information content (AvgIpc) is 3.22. The van der Waals surface area contributed by atoms with Crippen LogP contribution in [0.4, 0.5) is 17.2 Å². The fourth-order valence-corrected chi connectivity index (χ4v) is 3.08. The Balaban J connectivity index is 1.86. The van der Waals surface area contributed by atoms with E-state index in [1.54, 1.807) is 24.1 Å². The van der Waals surface area contributed by atoms with Gasteiger partial charge in [0.05, 0.1) is 24.6 Å². The Hall–Kier alpha value is -2.62. The number of rotatable bonds is 9. The van der Waals surface area contributed by atoms with Crippen LogP contribution in [-0.2, 0) is 16.0 Å². The Morgan fingerprint density at radius 1 is 1.38 bits per heavy atom. The molecular weight excluding hydrogens is 374 g/mol. The number of hydrogen-bond donors (Lipinski definition) is 3. The Labute approximate surface area is 170 Å². The number of pyridine rings is 2. The summed E-state index contributed by atoms with van der Waals surface area (Å²) in [6, 6.07) is 5.51. The SMILES string of the molecule is CCOC(O)N(Cc1ccc(C)nc1)c1cc(OCC2CCOC2)nc(N)c1N. The minimum Gasteiger partial charge on any atom is -0.477 e. The molecule has 158 valence electrons. The molecule has 0 amide bonds. The van der Waals surface area contributed by atoms with Gasteiger partial charge in [-0.15, -0.1) is 0 Å². The maximum absolute atomic E-state index is 10.6. The second-order valence-corrected chi connectivity index (χ2v) is 7.04. The summed E-state index contributed by atoms with van der Waals surface area (Å²) in [6.07, 6.45) is 1.48. The summed E-state index contributed by atoms with van der Waals surface area (Å²) in [4.78, 5) is 10.1. The number of aromatic nitrogens is 2. The first kappa shape index (κ1) is 21.1. The molecule has 0 aliphatic carbocycles. The summed E-state index contributed by atoms with van der Waals surface area (Å²) < 4.78 is 16.6. The molecular formula is C20H29N5O4. The molecule has 5 N–H and O–H groups in total. The van der Waals surface area contributed by atoms with Gasteiger partial charge < -0.3 is 35.7 Å². The van der Waals surface area contributed by atoms with Crippen molar-refractivity contribution in [3.63, 3.8) is 0 Å². The van der Waals surface area contributed by atoms with Gasteiger partial charge in [-0.25, -0.2) is 0 Å². The fraction of sp³-hybridized carbons (Fsp3) is 0.500. The lowest BCUT2D eigenvalue weighted by molar-refractivity contribution is -0.0956. The number of nitrogen functional groups attached to an aromatic ring is 2. The molecule has 3 heterocycles. The average molecular weight is 403 g/mol. The number of nitrogens with two attached hydrogens (primary N) is 2. The van der Waals surface area contributed by atoms with Gasteiger partial charge in [-0.05, 0) is 31.9 Å². The van der Waals surface area contributed by atoms with Crippen LogP contribution in [0.3, 0.4) is 0 Å². The van der Waals surface area contributed by atoms with Crippen molar-refractivity contribution >= 4 is 17.2 Å². The minimum absolute atomic E-state index is 0.135. The molecule has 3 rings (SSSR count). The van der Waals surface area contributed by atoms with Gasteiger partial charge in [-0.2, -0.15) is 4.98 Å². The molecule has 2 atom stereocenters. The standard InChI is InChI=1S/C20H29N5O4/c1-3-28-20(26)25(10-14-5-4-13(2)23-9-14)16-8-17(24-19(22)18(16)21)29-12-15-6-7-27-11-15/h4-5,8-9,15,20,26H,3,6-7,10-12,21H2,1-2H3,(H2,22,24). The molecule has 2 aromatic rings. The van der Waals surface area contributed by atoms with Gasteiger partial charge in [-0.1, -0.05) is 6.07 Å². The monoisotopic (exact) mass is 403 g/mol. The lowest BCUT2D eigenvalue weighted by Gasteiger charge is -2.31. The van der Waals surface area contributed by atoms with E-state index in [4.69, 9.17) is 25.7 Å². The molecule has 2 unspecified atom stereocenters. The zero-order chi connectivity index (χ0) is 20.8. The zero-order valence-electron chi connectivity index (χ0n) is 16.9. The van der Waals surface area contributed by atoms with E-state index >= 15 is 0 Å². The molecule has 0 radical (unpaired) electrons. The summed E-state index contributed by atoms with van der Waals surface area (Å²) in [5, 5.41) is 10.6. The van der Waals surface area contributed by atoms with Crippen LogP contribution in [0.15, 0.2) is 24.4 Å². The summed E-state index contributed by atoms with van der Waals surface area (Å²) in [5.74, 6) is 0.799. The van der Waals surface area contributed by atoms with Gasteiger partial charge in [-0.3, -0.25) is 4.98 Å². The molecule has 0 bridgehead atoms. The van der Waals surface area contributed by atoms with Crippen LogP contribution in [0.25, 0.3) is 0 Å². The van der Waals surface area contributed by atoms with Gasteiger partial charge in [0.1, 0.15) is 0 Å². The van der Waals surface area contributed by atoms with Crippen molar-refractivity contribution in [2.75, 3.05) is 42.8 Å². The molecule has 0 aromatic carbocycles. The predicted molar refractivity (Wildman–Crippen MR) is 110 cm³/mol. The van der Waals surface area contributed by atoms with Crippen LogP contribution < -0.4 is 21.1 Å². The molecule has 1 saturated heterocycles. The topological polar surface area (TPSA) is 129 Å². The minimum atomic E-state index is -1.22. The van der Waals surface area contributed by atoms with Crippen molar-refractivity contribution < 1.29 is 19.3 Å². The van der Waals surface area contributed by atoms with Crippen molar-refractivity contribution in [2.24, 2.45) is 5.92 Å². The van der Waals surface area contributed by atoms with Crippen molar-refractivity contribution in [3.05, 3.63) is 35.7 Å². The Bertz CT molecular complexity index is 796. The number of nitrogens with zero attached hydrogens (tertiary/aromatic N) is 3. The third-order valence-electron chi connectivity index (χ3n) is 4.75. The first-order valence-corrected chi connectivity index (χ1v) is 9.72. The van der Waals surface area contributed by atoms with E-state index < -0.39 is 6.41 Å². The highest BCUT2D eigenvalue weighted by atomic mass is 16.6. The molecule has 0 spiro atoms. The lowest BCUT2D eigenvalue weighted by atomic mass is 10.1. The molecule has 2 aromatic heterocycles. The van der Waals surface area contributed by atoms with Crippen LogP contribution >= 0.6 is 0 Å². The quantitative estimate of drug-likeness (QED) is 0.536. The second-order valence-electron chi connectivity index (χ2n) is 7.04. The number of ether oxygens (including phenoxy) is 3. The number of aryl methyl sites for hydroxylation is 1. The van der Waals surface area contributed by atoms with E-state index in [0.717, 1.165) is 24.3 Å². The largest absolute Gasteiger partial charge is 0.477 e. The first-order chi connectivity index (χ1) is 14.0. The van der Waals surface area contributed by atoms with Gasteiger partial charge in [0.2, 0.25) is 12.3 Å². The van der Waals surface area contributed by atoms with E-state index in [1.807, 2.05) is 19.1 Å². The number of aliphatic hydroxyl groups is 1. The van der Waals surface area contributed by atoms with Gasteiger partial charge >= 0.3 is 0 Å². The van der Waals surface area contributed by atoms with Crippen molar-refractivity contribution in [1.29, 1.82) is 0 Å². The molecule has 9 nitrogen and oxygen atoms in total. The van der Waals surface area contributed by atoms with Crippen LogP contribution in [-0.4, -0.2) is 47.9 Å². The van der Waals surface area contributed by atoms with E-state index in [2.05, 4.69) is 9.97 Å². The van der Waals surface area contributed by atoms with Crippen molar-refractivity contribution in [3.8, 4) is 5.88 Å². The first-order valence-electron chi connectivity index (χ1n) is 9.72. The number of anilines is 3. The van der Waals surface area contributed by atoms with Gasteiger partial charge in [0.15, 0.2) is 5.82 Å².